The molecule has 3 rings (SSSR count). The first kappa shape index (κ1) is 14.0. The van der Waals surface area contributed by atoms with Gasteiger partial charge in [0.05, 0.1) is 5.69 Å². The SMILES string of the molecule is CCN(Cc1ccccn1)C1(CN)CCN2CCC1C2. The van der Waals surface area contributed by atoms with E-state index >= 15 is 0 Å². The van der Waals surface area contributed by atoms with E-state index in [2.05, 4.69) is 33.8 Å². The van der Waals surface area contributed by atoms with Gasteiger partial charge in [-0.3, -0.25) is 9.88 Å². The van der Waals surface area contributed by atoms with Gasteiger partial charge in [0, 0.05) is 31.4 Å². The fraction of sp³-hybridized carbons (Fsp3) is 0.688. The highest BCUT2D eigenvalue weighted by molar-refractivity contribution is 5.09. The van der Waals surface area contributed by atoms with Crippen molar-refractivity contribution in [1.29, 1.82) is 0 Å². The maximum Gasteiger partial charge on any atom is 0.0544 e. The monoisotopic (exact) mass is 274 g/mol. The number of likely N-dealkylation sites (N-methyl/N-ethyl adjacent to an activating group) is 1. The second-order valence-corrected chi connectivity index (χ2v) is 6.18. The summed E-state index contributed by atoms with van der Waals surface area (Å²) >= 11 is 0. The molecule has 110 valence electrons. The van der Waals surface area contributed by atoms with Crippen LogP contribution in [0.5, 0.6) is 0 Å². The van der Waals surface area contributed by atoms with Crippen LogP contribution in [0, 0.1) is 5.92 Å². The second-order valence-electron chi connectivity index (χ2n) is 6.18. The quantitative estimate of drug-likeness (QED) is 0.880. The first-order valence-electron chi connectivity index (χ1n) is 7.86. The lowest BCUT2D eigenvalue weighted by Crippen LogP contribution is -2.61. The highest BCUT2D eigenvalue weighted by atomic mass is 15.3. The van der Waals surface area contributed by atoms with E-state index < -0.39 is 0 Å². The molecule has 2 bridgehead atoms. The van der Waals surface area contributed by atoms with Crippen LogP contribution >= 0.6 is 0 Å². The number of hydrogen-bond donors (Lipinski definition) is 1. The van der Waals surface area contributed by atoms with Gasteiger partial charge in [0.25, 0.3) is 0 Å². The maximum atomic E-state index is 6.27. The molecule has 0 spiro atoms. The first-order chi connectivity index (χ1) is 9.78. The van der Waals surface area contributed by atoms with Crippen molar-refractivity contribution in [3.8, 4) is 0 Å². The third-order valence-electron chi connectivity index (χ3n) is 5.34. The summed E-state index contributed by atoms with van der Waals surface area (Å²) in [5, 5.41) is 0. The van der Waals surface area contributed by atoms with Crippen molar-refractivity contribution in [2.75, 3.05) is 32.7 Å². The molecule has 0 saturated carbocycles. The molecular formula is C16H26N4. The number of pyridine rings is 1. The van der Waals surface area contributed by atoms with Gasteiger partial charge >= 0.3 is 0 Å². The molecule has 0 aliphatic carbocycles. The van der Waals surface area contributed by atoms with Crippen molar-refractivity contribution in [2.24, 2.45) is 11.7 Å². The topological polar surface area (TPSA) is 45.4 Å². The molecule has 1 aromatic heterocycles. The zero-order chi connectivity index (χ0) is 14.0. The molecule has 1 aromatic rings. The van der Waals surface area contributed by atoms with Crippen LogP contribution in [0.1, 0.15) is 25.5 Å². The highest BCUT2D eigenvalue weighted by Gasteiger charge is 2.48. The van der Waals surface area contributed by atoms with Gasteiger partial charge in [0.1, 0.15) is 0 Å². The summed E-state index contributed by atoms with van der Waals surface area (Å²) in [4.78, 5) is 9.67. The van der Waals surface area contributed by atoms with Crippen LogP contribution < -0.4 is 5.73 Å². The zero-order valence-corrected chi connectivity index (χ0v) is 12.5. The summed E-state index contributed by atoms with van der Waals surface area (Å²) in [6.45, 7) is 8.68. The first-order valence-corrected chi connectivity index (χ1v) is 7.86. The molecule has 4 heteroatoms. The smallest absolute Gasteiger partial charge is 0.0544 e. The Morgan fingerprint density at radius 3 is 3.05 bits per heavy atom. The molecule has 4 nitrogen and oxygen atoms in total. The van der Waals surface area contributed by atoms with E-state index in [-0.39, 0.29) is 5.54 Å². The van der Waals surface area contributed by atoms with Gasteiger partial charge in [0.2, 0.25) is 0 Å². The van der Waals surface area contributed by atoms with Crippen molar-refractivity contribution in [1.82, 2.24) is 14.8 Å². The molecule has 2 aliphatic rings. The van der Waals surface area contributed by atoms with E-state index in [0.717, 1.165) is 31.2 Å². The van der Waals surface area contributed by atoms with Crippen molar-refractivity contribution in [3.63, 3.8) is 0 Å². The number of piperidine rings is 1. The number of nitrogens with two attached hydrogens (primary N) is 1. The molecule has 3 unspecified atom stereocenters. The van der Waals surface area contributed by atoms with Crippen LogP contribution in [0.15, 0.2) is 24.4 Å². The number of nitrogens with zero attached hydrogens (tertiary/aromatic N) is 3. The molecule has 3 heterocycles. The van der Waals surface area contributed by atoms with Crippen LogP contribution in [-0.2, 0) is 6.54 Å². The molecule has 0 amide bonds. The molecular weight excluding hydrogens is 248 g/mol. The van der Waals surface area contributed by atoms with Crippen LogP contribution in [0.25, 0.3) is 0 Å². The fourth-order valence-electron chi connectivity index (χ4n) is 4.12. The molecule has 3 atom stereocenters. The Hall–Kier alpha value is -0.970. The van der Waals surface area contributed by atoms with Gasteiger partial charge in [0.15, 0.2) is 0 Å². The Balaban J connectivity index is 1.82. The summed E-state index contributed by atoms with van der Waals surface area (Å²) in [5.74, 6) is 0.727. The summed E-state index contributed by atoms with van der Waals surface area (Å²) < 4.78 is 0. The van der Waals surface area contributed by atoms with Gasteiger partial charge in [-0.25, -0.2) is 0 Å². The van der Waals surface area contributed by atoms with Crippen molar-refractivity contribution in [3.05, 3.63) is 30.1 Å². The van der Waals surface area contributed by atoms with E-state index in [4.69, 9.17) is 5.73 Å². The summed E-state index contributed by atoms with van der Waals surface area (Å²) in [5.41, 5.74) is 7.61. The Bertz CT molecular complexity index is 435. The minimum Gasteiger partial charge on any atom is -0.329 e. The summed E-state index contributed by atoms with van der Waals surface area (Å²) in [6.07, 6.45) is 4.39. The normalized spacial score (nSPS) is 32.8. The predicted molar refractivity (Wildman–Crippen MR) is 81.3 cm³/mol. The van der Waals surface area contributed by atoms with E-state index in [9.17, 15) is 0 Å². The van der Waals surface area contributed by atoms with E-state index in [1.54, 1.807) is 0 Å². The second kappa shape index (κ2) is 5.80. The standard InChI is InChI=1S/C16H26N4/c1-2-20(12-15-5-3-4-8-18-15)16(13-17)7-10-19-9-6-14(16)11-19/h3-5,8,14H,2,6-7,9-13,17H2,1H3. The number of aromatic nitrogens is 1. The zero-order valence-electron chi connectivity index (χ0n) is 12.5. The van der Waals surface area contributed by atoms with Crippen molar-refractivity contribution < 1.29 is 0 Å². The Morgan fingerprint density at radius 1 is 1.45 bits per heavy atom. The molecule has 0 aromatic carbocycles. The number of rotatable bonds is 5. The lowest BCUT2D eigenvalue weighted by Gasteiger charge is -2.50. The summed E-state index contributed by atoms with van der Waals surface area (Å²) in [7, 11) is 0. The maximum absolute atomic E-state index is 6.27. The molecule has 2 N–H and O–H groups in total. The molecule has 2 aliphatic heterocycles. The Kier molecular flexibility index (Phi) is 4.06. The van der Waals surface area contributed by atoms with E-state index in [0.29, 0.717) is 0 Å². The molecule has 20 heavy (non-hydrogen) atoms. The van der Waals surface area contributed by atoms with Crippen molar-refractivity contribution in [2.45, 2.75) is 31.8 Å². The van der Waals surface area contributed by atoms with Crippen molar-refractivity contribution >= 4 is 0 Å². The van der Waals surface area contributed by atoms with Gasteiger partial charge in [-0.1, -0.05) is 13.0 Å². The number of hydrogen-bond acceptors (Lipinski definition) is 4. The van der Waals surface area contributed by atoms with Crippen LogP contribution in [-0.4, -0.2) is 53.0 Å². The van der Waals surface area contributed by atoms with Gasteiger partial charge in [-0.2, -0.15) is 0 Å². The van der Waals surface area contributed by atoms with Gasteiger partial charge in [-0.15, -0.1) is 0 Å². The average Bonchev–Trinajstić information content (AvgIpc) is 2.91. The molecule has 2 fully saturated rings. The lowest BCUT2D eigenvalue weighted by atomic mass is 9.77. The minimum absolute atomic E-state index is 0.180. The lowest BCUT2D eigenvalue weighted by molar-refractivity contribution is 0.00447. The highest BCUT2D eigenvalue weighted by Crippen LogP contribution is 2.39. The van der Waals surface area contributed by atoms with Crippen LogP contribution in [0.4, 0.5) is 0 Å². The van der Waals surface area contributed by atoms with Crippen LogP contribution in [0.3, 0.4) is 0 Å². The Labute approximate surface area is 122 Å². The molecule has 0 radical (unpaired) electrons. The third kappa shape index (κ3) is 2.36. The van der Waals surface area contributed by atoms with E-state index in [1.165, 1.54) is 32.5 Å². The van der Waals surface area contributed by atoms with Crippen LogP contribution in [0.2, 0.25) is 0 Å². The minimum atomic E-state index is 0.180. The van der Waals surface area contributed by atoms with Gasteiger partial charge < -0.3 is 10.6 Å². The summed E-state index contributed by atoms with van der Waals surface area (Å²) in [6, 6.07) is 6.17. The number of fused-ring (bicyclic) bond motifs is 2. The predicted octanol–water partition coefficient (Wildman–Crippen LogP) is 1.33. The Morgan fingerprint density at radius 2 is 2.35 bits per heavy atom. The van der Waals surface area contributed by atoms with E-state index in [1.807, 2.05) is 12.3 Å². The molecule has 2 saturated heterocycles. The third-order valence-corrected chi connectivity index (χ3v) is 5.34. The largest absolute Gasteiger partial charge is 0.329 e. The fourth-order valence-corrected chi connectivity index (χ4v) is 4.12. The van der Waals surface area contributed by atoms with Gasteiger partial charge in [-0.05, 0) is 50.5 Å². The average molecular weight is 274 g/mol.